The van der Waals surface area contributed by atoms with E-state index in [1.54, 1.807) is 54.1 Å². The highest BCUT2D eigenvalue weighted by Gasteiger charge is 2.35. The summed E-state index contributed by atoms with van der Waals surface area (Å²) in [7, 11) is 0. The van der Waals surface area contributed by atoms with Crippen molar-refractivity contribution < 1.29 is 41.0 Å². The first-order chi connectivity index (χ1) is 26.2. The third-order valence-electron chi connectivity index (χ3n) is 7.67. The first-order valence-corrected chi connectivity index (χ1v) is 17.8. The van der Waals surface area contributed by atoms with E-state index in [4.69, 9.17) is 21.1 Å². The lowest BCUT2D eigenvalue weighted by atomic mass is 10.1. The Bertz CT molecular complexity index is 2280. The molecule has 1 amide bonds. The van der Waals surface area contributed by atoms with Gasteiger partial charge in [0.1, 0.15) is 23.8 Å². The fourth-order valence-electron chi connectivity index (χ4n) is 5.33. The first-order valence-electron chi connectivity index (χ1n) is 16.6. The Morgan fingerprint density at radius 1 is 1.07 bits per heavy atom. The van der Waals surface area contributed by atoms with Gasteiger partial charge in [0.15, 0.2) is 0 Å². The number of ether oxygens (including phenoxy) is 2. The molecule has 3 aromatic heterocycles. The van der Waals surface area contributed by atoms with E-state index in [1.165, 1.54) is 45.1 Å². The van der Waals surface area contributed by atoms with Crippen molar-refractivity contribution in [2.75, 3.05) is 18.5 Å². The largest absolute Gasteiger partial charge is 0.491 e. The van der Waals surface area contributed by atoms with Crippen LogP contribution in [0, 0.1) is 6.92 Å². The quantitative estimate of drug-likeness (QED) is 0.0876. The zero-order valence-electron chi connectivity index (χ0n) is 29.6. The van der Waals surface area contributed by atoms with Crippen LogP contribution in [0.4, 0.5) is 27.6 Å². The standard InChI is InChI=1S/C17H16F3NO2.C12H11ClF2N2O2.C9H7N3S/c1-11(2)23-13-7-5-6-12(10-13)21-16(22)14-8-3-4-9-15(14)17(18,19)20;13-10-2-1-8(4-16-10)5-17(6-11(14)15)9-3-12(18)19-7-9;1-6-3-2-4-7-8(6)12-5-10-11-9(12)13-7/h3-11H,1-2H3,(H,21,22);1-4,11H,5-7H2;2-5H,1H3. The van der Waals surface area contributed by atoms with Crippen molar-refractivity contribution in [3.8, 4) is 5.75 Å². The number of alkyl halides is 5. The molecule has 7 rings (SSSR count). The van der Waals surface area contributed by atoms with Gasteiger partial charge < -0.3 is 19.7 Å². The summed E-state index contributed by atoms with van der Waals surface area (Å²) in [6.45, 7) is 5.58. The number of halogens is 6. The van der Waals surface area contributed by atoms with Gasteiger partial charge in [0.25, 0.3) is 12.3 Å². The van der Waals surface area contributed by atoms with Gasteiger partial charge in [-0.05, 0) is 68.3 Å². The van der Waals surface area contributed by atoms with Crippen LogP contribution in [-0.4, -0.2) is 62.0 Å². The number of thiazole rings is 1. The summed E-state index contributed by atoms with van der Waals surface area (Å²) in [5, 5.41) is 10.7. The zero-order chi connectivity index (χ0) is 39.7. The second-order valence-corrected chi connectivity index (χ2v) is 13.6. The number of fused-ring (bicyclic) bond motifs is 3. The predicted molar refractivity (Wildman–Crippen MR) is 199 cm³/mol. The summed E-state index contributed by atoms with van der Waals surface area (Å²) in [5.41, 5.74) is 2.65. The molecule has 0 atom stereocenters. The average molecular weight is 801 g/mol. The van der Waals surface area contributed by atoms with E-state index >= 15 is 0 Å². The second kappa shape index (κ2) is 18.1. The number of anilines is 1. The Hall–Kier alpha value is -5.61. The molecular weight excluding hydrogens is 767 g/mol. The number of benzene rings is 3. The number of para-hydroxylation sites is 1. The maximum absolute atomic E-state index is 13.0. The number of rotatable bonds is 9. The molecule has 0 fully saturated rings. The molecule has 10 nitrogen and oxygen atoms in total. The molecule has 0 aliphatic carbocycles. The van der Waals surface area contributed by atoms with Gasteiger partial charge in [-0.3, -0.25) is 9.20 Å². The molecular formula is C38H34ClF5N6O4S. The molecule has 0 bridgehead atoms. The number of aryl methyl sites for hydroxylation is 1. The molecule has 4 heterocycles. The molecule has 0 saturated heterocycles. The smallest absolute Gasteiger partial charge is 0.417 e. The molecule has 0 spiro atoms. The third kappa shape index (κ3) is 11.2. The highest BCUT2D eigenvalue weighted by Crippen LogP contribution is 2.32. The number of nitrogens with zero attached hydrogens (tertiary/aromatic N) is 5. The van der Waals surface area contributed by atoms with Crippen molar-refractivity contribution in [1.82, 2.24) is 24.5 Å². The molecule has 3 aromatic carbocycles. The van der Waals surface area contributed by atoms with E-state index in [1.807, 2.05) is 18.2 Å². The Kier molecular flexibility index (Phi) is 13.4. The van der Waals surface area contributed by atoms with Crippen LogP contribution < -0.4 is 10.1 Å². The Balaban J connectivity index is 0.000000163. The zero-order valence-corrected chi connectivity index (χ0v) is 31.1. The molecule has 1 aliphatic heterocycles. The summed E-state index contributed by atoms with van der Waals surface area (Å²) in [6, 6.07) is 20.8. The van der Waals surface area contributed by atoms with Crippen LogP contribution in [0.2, 0.25) is 5.15 Å². The maximum atomic E-state index is 13.0. The minimum absolute atomic E-state index is 0.0204. The number of pyridine rings is 1. The van der Waals surface area contributed by atoms with Crippen molar-refractivity contribution in [2.45, 2.75) is 46.0 Å². The van der Waals surface area contributed by atoms with E-state index in [9.17, 15) is 31.5 Å². The molecule has 0 unspecified atom stereocenters. The lowest BCUT2D eigenvalue weighted by Gasteiger charge is -2.24. The van der Waals surface area contributed by atoms with E-state index in [2.05, 4.69) is 45.6 Å². The normalized spacial score (nSPS) is 12.5. The number of hydrogen-bond acceptors (Lipinski definition) is 9. The Morgan fingerprint density at radius 3 is 2.51 bits per heavy atom. The monoisotopic (exact) mass is 800 g/mol. The van der Waals surface area contributed by atoms with Gasteiger partial charge in [0, 0.05) is 30.6 Å². The predicted octanol–water partition coefficient (Wildman–Crippen LogP) is 9.24. The summed E-state index contributed by atoms with van der Waals surface area (Å²) >= 11 is 7.33. The topological polar surface area (TPSA) is 111 Å². The van der Waals surface area contributed by atoms with Gasteiger partial charge in [-0.1, -0.05) is 59.3 Å². The van der Waals surface area contributed by atoms with Crippen LogP contribution in [0.25, 0.3) is 15.2 Å². The van der Waals surface area contributed by atoms with E-state index in [0.717, 1.165) is 22.7 Å². The van der Waals surface area contributed by atoms with Gasteiger partial charge in [0.2, 0.25) is 4.96 Å². The summed E-state index contributed by atoms with van der Waals surface area (Å²) in [6.07, 6.45) is -2.63. The molecule has 6 aromatic rings. The third-order valence-corrected chi connectivity index (χ3v) is 8.91. The summed E-state index contributed by atoms with van der Waals surface area (Å²) in [4.78, 5) is 29.4. The average Bonchev–Trinajstić information content (AvgIpc) is 3.86. The van der Waals surface area contributed by atoms with E-state index < -0.39 is 42.1 Å². The fourth-order valence-corrected chi connectivity index (χ4v) is 6.47. The molecule has 1 aliphatic rings. The van der Waals surface area contributed by atoms with E-state index in [-0.39, 0.29) is 19.3 Å². The lowest BCUT2D eigenvalue weighted by molar-refractivity contribution is -0.138. The number of hydrogen-bond donors (Lipinski definition) is 1. The molecule has 1 N–H and O–H groups in total. The van der Waals surface area contributed by atoms with Crippen molar-refractivity contribution in [3.63, 3.8) is 0 Å². The number of carbonyl (C=O) groups excluding carboxylic acids is 2. The second-order valence-electron chi connectivity index (χ2n) is 12.2. The minimum Gasteiger partial charge on any atom is -0.491 e. The number of nitrogens with one attached hydrogen (secondary N) is 1. The molecule has 288 valence electrons. The molecule has 0 saturated carbocycles. The summed E-state index contributed by atoms with van der Waals surface area (Å²) < 4.78 is 77.5. The van der Waals surface area contributed by atoms with Gasteiger partial charge >= 0.3 is 12.1 Å². The highest BCUT2D eigenvalue weighted by molar-refractivity contribution is 7.23. The maximum Gasteiger partial charge on any atom is 0.417 e. The van der Waals surface area contributed by atoms with Crippen molar-refractivity contribution in [2.24, 2.45) is 0 Å². The number of amides is 1. The number of esters is 1. The van der Waals surface area contributed by atoms with Crippen molar-refractivity contribution in [1.29, 1.82) is 0 Å². The highest BCUT2D eigenvalue weighted by atomic mass is 35.5. The van der Waals surface area contributed by atoms with Crippen LogP contribution in [0.3, 0.4) is 0 Å². The van der Waals surface area contributed by atoms with Crippen LogP contribution in [-0.2, 0) is 22.3 Å². The number of carbonyl (C=O) groups is 2. The Morgan fingerprint density at radius 2 is 1.84 bits per heavy atom. The van der Waals surface area contributed by atoms with Gasteiger partial charge in [0.05, 0.1) is 39.7 Å². The first kappa shape index (κ1) is 40.6. The molecule has 0 radical (unpaired) electrons. The van der Waals surface area contributed by atoms with Gasteiger partial charge in [-0.15, -0.1) is 10.2 Å². The van der Waals surface area contributed by atoms with Gasteiger partial charge in [-0.25, -0.2) is 18.6 Å². The van der Waals surface area contributed by atoms with Crippen molar-refractivity contribution >= 4 is 55.7 Å². The summed E-state index contributed by atoms with van der Waals surface area (Å²) in [5.74, 6) is -0.801. The fraction of sp³-hybridized carbons (Fsp3) is 0.237. The van der Waals surface area contributed by atoms with Crippen LogP contribution >= 0.6 is 22.9 Å². The molecule has 55 heavy (non-hydrogen) atoms. The number of aromatic nitrogens is 4. The molecule has 17 heteroatoms. The minimum atomic E-state index is -4.59. The van der Waals surface area contributed by atoms with Crippen LogP contribution in [0.1, 0.15) is 40.9 Å². The van der Waals surface area contributed by atoms with Crippen LogP contribution in [0.15, 0.2) is 103 Å². The number of cyclic esters (lactones) is 1. The van der Waals surface area contributed by atoms with E-state index in [0.29, 0.717) is 22.3 Å². The van der Waals surface area contributed by atoms with Gasteiger partial charge in [-0.2, -0.15) is 13.2 Å². The lowest BCUT2D eigenvalue weighted by Crippen LogP contribution is -2.28. The Labute approximate surface area is 321 Å². The van der Waals surface area contributed by atoms with Crippen molar-refractivity contribution in [3.05, 3.63) is 131 Å². The van der Waals surface area contributed by atoms with Crippen LogP contribution in [0.5, 0.6) is 5.75 Å². The SMILES string of the molecule is CC(C)Oc1cccc(NC(=O)c2ccccc2C(F)(F)F)c1.Cc1cccc2sc3nncn3c12.O=C1C=C(N(Cc2ccc(Cl)nc2)CC(F)F)CO1.